The van der Waals surface area contributed by atoms with Gasteiger partial charge in [0.1, 0.15) is 11.2 Å². The predicted molar refractivity (Wildman–Crippen MR) is 102 cm³/mol. The zero-order chi connectivity index (χ0) is 19.1. The topological polar surface area (TPSA) is 91.8 Å². The summed E-state index contributed by atoms with van der Waals surface area (Å²) in [5.74, 6) is -1.26. The number of hydrogen-bond donors (Lipinski definition) is 1. The first-order chi connectivity index (χ1) is 13.0. The summed E-state index contributed by atoms with van der Waals surface area (Å²) in [4.78, 5) is 25.3. The Balaban J connectivity index is 2.09. The Kier molecular flexibility index (Phi) is 4.24. The van der Waals surface area contributed by atoms with E-state index >= 15 is 0 Å². The monoisotopic (exact) mass is 427 g/mol. The highest BCUT2D eigenvalue weighted by Gasteiger charge is 2.39. The van der Waals surface area contributed by atoms with Crippen molar-refractivity contribution >= 4 is 32.9 Å². The van der Waals surface area contributed by atoms with Crippen LogP contribution < -0.4 is 16.1 Å². The van der Waals surface area contributed by atoms with Gasteiger partial charge in [-0.25, -0.2) is 9.59 Å². The Morgan fingerprint density at radius 1 is 1.19 bits per heavy atom. The molecule has 0 saturated carbocycles. The highest BCUT2D eigenvalue weighted by Crippen LogP contribution is 2.44. The Morgan fingerprint density at radius 2 is 1.96 bits per heavy atom. The van der Waals surface area contributed by atoms with Crippen molar-refractivity contribution in [2.24, 2.45) is 5.73 Å². The molecule has 27 heavy (non-hydrogen) atoms. The zero-order valence-electron chi connectivity index (χ0n) is 14.2. The third-order valence-electron chi connectivity index (χ3n) is 4.44. The molecule has 0 radical (unpaired) electrons. The summed E-state index contributed by atoms with van der Waals surface area (Å²) in [7, 11) is 1.25. The Labute approximate surface area is 162 Å². The number of benzene rings is 2. The summed E-state index contributed by atoms with van der Waals surface area (Å²) < 4.78 is 16.9. The molecule has 4 rings (SSSR count). The van der Waals surface area contributed by atoms with Gasteiger partial charge in [0.05, 0.1) is 24.0 Å². The maximum absolute atomic E-state index is 12.8. The van der Waals surface area contributed by atoms with Gasteiger partial charge in [-0.1, -0.05) is 40.2 Å². The lowest BCUT2D eigenvalue weighted by Gasteiger charge is -2.27. The van der Waals surface area contributed by atoms with E-state index in [-0.39, 0.29) is 22.8 Å². The van der Waals surface area contributed by atoms with E-state index in [9.17, 15) is 9.59 Å². The van der Waals surface area contributed by atoms with Gasteiger partial charge in [-0.05, 0) is 29.8 Å². The molecule has 6 nitrogen and oxygen atoms in total. The molecule has 1 atom stereocenters. The molecule has 1 aliphatic heterocycles. The van der Waals surface area contributed by atoms with Gasteiger partial charge in [0, 0.05) is 4.47 Å². The smallest absolute Gasteiger partial charge is 0.344 e. The molecule has 2 aromatic carbocycles. The van der Waals surface area contributed by atoms with E-state index < -0.39 is 17.5 Å². The first-order valence-electron chi connectivity index (χ1n) is 8.08. The van der Waals surface area contributed by atoms with Crippen LogP contribution in [-0.2, 0) is 9.53 Å². The van der Waals surface area contributed by atoms with Crippen molar-refractivity contribution < 1.29 is 18.7 Å². The van der Waals surface area contributed by atoms with Crippen molar-refractivity contribution in [3.8, 4) is 5.75 Å². The van der Waals surface area contributed by atoms with Gasteiger partial charge in [0.15, 0.2) is 5.75 Å². The van der Waals surface area contributed by atoms with Gasteiger partial charge in [0.2, 0.25) is 5.88 Å². The second kappa shape index (κ2) is 6.59. The second-order valence-corrected chi connectivity index (χ2v) is 6.90. The van der Waals surface area contributed by atoms with Gasteiger partial charge in [-0.2, -0.15) is 0 Å². The van der Waals surface area contributed by atoms with E-state index in [1.165, 1.54) is 7.11 Å². The molecule has 7 heteroatoms. The number of hydrogen-bond acceptors (Lipinski definition) is 6. The molecule has 1 aromatic heterocycles. The average Bonchev–Trinajstić information content (AvgIpc) is 2.66. The van der Waals surface area contributed by atoms with E-state index in [0.29, 0.717) is 16.5 Å². The number of carbonyl (C=O) groups excluding carboxylic acids is 1. The molecule has 0 saturated heterocycles. The largest absolute Gasteiger partial charge is 0.465 e. The molecule has 0 amide bonds. The van der Waals surface area contributed by atoms with Crippen LogP contribution in [0.5, 0.6) is 5.75 Å². The molecule has 1 aliphatic rings. The van der Waals surface area contributed by atoms with Crippen molar-refractivity contribution in [1.29, 1.82) is 0 Å². The number of nitrogens with two attached hydrogens (primary N) is 1. The number of ether oxygens (including phenoxy) is 2. The Morgan fingerprint density at radius 3 is 2.70 bits per heavy atom. The van der Waals surface area contributed by atoms with Crippen LogP contribution >= 0.6 is 15.9 Å². The van der Waals surface area contributed by atoms with Crippen LogP contribution in [0.25, 0.3) is 11.0 Å². The van der Waals surface area contributed by atoms with Crippen LogP contribution in [-0.4, -0.2) is 13.1 Å². The van der Waals surface area contributed by atoms with Crippen LogP contribution in [0.2, 0.25) is 0 Å². The minimum absolute atomic E-state index is 0.0608. The van der Waals surface area contributed by atoms with Crippen LogP contribution in [0.15, 0.2) is 73.7 Å². The predicted octanol–water partition coefficient (Wildman–Crippen LogP) is 3.42. The number of methoxy groups -OCH3 is 1. The summed E-state index contributed by atoms with van der Waals surface area (Å²) in [6.45, 7) is 0. The molecule has 0 unspecified atom stereocenters. The fourth-order valence-corrected chi connectivity index (χ4v) is 3.71. The maximum Gasteiger partial charge on any atom is 0.344 e. The maximum atomic E-state index is 12.8. The molecule has 2 N–H and O–H groups in total. The average molecular weight is 428 g/mol. The lowest BCUT2D eigenvalue weighted by Crippen LogP contribution is -2.30. The van der Waals surface area contributed by atoms with Crippen LogP contribution in [0.4, 0.5) is 0 Å². The van der Waals surface area contributed by atoms with Gasteiger partial charge >= 0.3 is 11.6 Å². The van der Waals surface area contributed by atoms with Gasteiger partial charge in [0.25, 0.3) is 0 Å². The molecule has 2 heterocycles. The van der Waals surface area contributed by atoms with Crippen LogP contribution in [0.1, 0.15) is 17.0 Å². The van der Waals surface area contributed by atoms with Gasteiger partial charge in [-0.3, -0.25) is 0 Å². The minimum Gasteiger partial charge on any atom is -0.465 e. The van der Waals surface area contributed by atoms with Crippen molar-refractivity contribution in [1.82, 2.24) is 0 Å². The third-order valence-corrected chi connectivity index (χ3v) is 4.93. The number of halogens is 1. The van der Waals surface area contributed by atoms with Crippen molar-refractivity contribution in [3.63, 3.8) is 0 Å². The van der Waals surface area contributed by atoms with E-state index in [4.69, 9.17) is 19.6 Å². The summed E-state index contributed by atoms with van der Waals surface area (Å²) in [5, 5.41) is 0.596. The van der Waals surface area contributed by atoms with Crippen molar-refractivity contribution in [3.05, 3.63) is 86.0 Å². The highest BCUT2D eigenvalue weighted by molar-refractivity contribution is 9.10. The van der Waals surface area contributed by atoms with Gasteiger partial charge < -0.3 is 19.6 Å². The Hall–Kier alpha value is -3.06. The van der Waals surface area contributed by atoms with E-state index in [1.54, 1.807) is 30.3 Å². The van der Waals surface area contributed by atoms with E-state index in [0.717, 1.165) is 4.47 Å². The van der Waals surface area contributed by atoms with E-state index in [1.807, 2.05) is 18.2 Å². The molecule has 0 fully saturated rings. The quantitative estimate of drug-likeness (QED) is 0.497. The molecule has 0 bridgehead atoms. The van der Waals surface area contributed by atoms with Crippen LogP contribution in [0.3, 0.4) is 0 Å². The highest BCUT2D eigenvalue weighted by atomic mass is 79.9. The molecule has 136 valence electrons. The third kappa shape index (κ3) is 2.80. The zero-order valence-corrected chi connectivity index (χ0v) is 15.8. The molecular formula is C20H14BrNO5. The van der Waals surface area contributed by atoms with Gasteiger partial charge in [-0.15, -0.1) is 0 Å². The first kappa shape index (κ1) is 17.4. The normalized spacial score (nSPS) is 16.0. The van der Waals surface area contributed by atoms with Crippen LogP contribution in [0, 0.1) is 0 Å². The Bertz CT molecular complexity index is 1160. The standard InChI is InChI=1S/C20H14BrNO5/c1-25-19(23)16-14(10-5-4-6-11(21)9-10)15-17(27-18(16)22)12-7-2-3-8-13(12)26-20(15)24/h2-9,14H,22H2,1H3/t14-/m0/s1. The fourth-order valence-electron chi connectivity index (χ4n) is 3.29. The molecule has 0 spiro atoms. The second-order valence-electron chi connectivity index (χ2n) is 5.99. The SMILES string of the molecule is COC(=O)C1=C(N)Oc2c(c(=O)oc3ccccc23)[C@@H]1c1cccc(Br)c1. The van der Waals surface area contributed by atoms with Crippen molar-refractivity contribution in [2.75, 3.05) is 7.11 Å². The number of rotatable bonds is 2. The summed E-state index contributed by atoms with van der Waals surface area (Å²) >= 11 is 3.42. The number of para-hydroxylation sites is 1. The van der Waals surface area contributed by atoms with E-state index in [2.05, 4.69) is 15.9 Å². The number of esters is 1. The summed E-state index contributed by atoms with van der Waals surface area (Å²) in [5.41, 5.74) is 6.82. The molecule has 0 aliphatic carbocycles. The number of fused-ring (bicyclic) bond motifs is 3. The molecule has 3 aromatic rings. The summed E-state index contributed by atoms with van der Waals surface area (Å²) in [6.07, 6.45) is 0. The lowest BCUT2D eigenvalue weighted by atomic mass is 9.83. The fraction of sp³-hybridized carbons (Fsp3) is 0.100. The lowest BCUT2D eigenvalue weighted by molar-refractivity contribution is -0.136. The minimum atomic E-state index is -0.778. The first-order valence-corrected chi connectivity index (χ1v) is 8.87. The summed E-state index contributed by atoms with van der Waals surface area (Å²) in [6, 6.07) is 14.3. The number of carbonyl (C=O) groups is 1. The van der Waals surface area contributed by atoms with Crippen molar-refractivity contribution in [2.45, 2.75) is 5.92 Å². The molecular weight excluding hydrogens is 414 g/mol.